The minimum Gasteiger partial charge on any atom is -0.478 e. The van der Waals surface area contributed by atoms with E-state index in [9.17, 15) is 9.90 Å². The quantitative estimate of drug-likeness (QED) is 0.728. The summed E-state index contributed by atoms with van der Waals surface area (Å²) < 4.78 is 1.56. The monoisotopic (exact) mass is 253 g/mol. The van der Waals surface area contributed by atoms with E-state index in [0.717, 1.165) is 25.7 Å². The van der Waals surface area contributed by atoms with Gasteiger partial charge < -0.3 is 15.5 Å². The number of aliphatic hydroxyl groups is 1. The Morgan fingerprint density at radius 1 is 1.56 bits per heavy atom. The highest BCUT2D eigenvalue weighted by molar-refractivity contribution is 5.88. The molecule has 100 valence electrons. The molecule has 1 aliphatic rings. The van der Waals surface area contributed by atoms with E-state index in [1.807, 2.05) is 0 Å². The van der Waals surface area contributed by atoms with E-state index >= 15 is 0 Å². The topological polar surface area (TPSA) is 87.4 Å². The molecule has 2 atom stereocenters. The molecule has 0 aromatic carbocycles. The summed E-state index contributed by atoms with van der Waals surface area (Å²) in [6.07, 6.45) is 4.94. The Hall–Kier alpha value is -1.40. The standard InChI is InChI=1S/C12H19N3O3/c1-15-10(8(6-14-15)12(17)18)7-13-9-4-2-3-5-11(9)16/h6,9,11,13,16H,2-5,7H2,1H3,(H,17,18). The fourth-order valence-corrected chi connectivity index (χ4v) is 2.43. The number of nitrogens with one attached hydrogen (secondary N) is 1. The molecule has 1 saturated carbocycles. The summed E-state index contributed by atoms with van der Waals surface area (Å²) in [5, 5.41) is 26.1. The van der Waals surface area contributed by atoms with Gasteiger partial charge in [0.25, 0.3) is 0 Å². The molecule has 0 spiro atoms. The first-order valence-corrected chi connectivity index (χ1v) is 6.25. The lowest BCUT2D eigenvalue weighted by Crippen LogP contribution is -2.42. The Morgan fingerprint density at radius 3 is 2.94 bits per heavy atom. The zero-order chi connectivity index (χ0) is 13.1. The fraction of sp³-hybridized carbons (Fsp3) is 0.667. The number of carboxylic acids is 1. The van der Waals surface area contributed by atoms with Crippen molar-refractivity contribution in [1.82, 2.24) is 15.1 Å². The van der Waals surface area contributed by atoms with Crippen LogP contribution in [0.3, 0.4) is 0 Å². The number of aromatic nitrogens is 2. The molecule has 0 radical (unpaired) electrons. The van der Waals surface area contributed by atoms with Crippen LogP contribution < -0.4 is 5.32 Å². The number of aryl methyl sites for hydroxylation is 1. The molecular formula is C12H19N3O3. The largest absolute Gasteiger partial charge is 0.478 e. The van der Waals surface area contributed by atoms with Gasteiger partial charge in [-0.2, -0.15) is 5.10 Å². The second kappa shape index (κ2) is 5.49. The Kier molecular flexibility index (Phi) is 3.98. The van der Waals surface area contributed by atoms with Gasteiger partial charge in [-0.15, -0.1) is 0 Å². The molecule has 1 aliphatic carbocycles. The van der Waals surface area contributed by atoms with Gasteiger partial charge in [-0.25, -0.2) is 4.79 Å². The van der Waals surface area contributed by atoms with Crippen molar-refractivity contribution in [3.05, 3.63) is 17.5 Å². The van der Waals surface area contributed by atoms with Crippen LogP contribution in [0.5, 0.6) is 0 Å². The number of carboxylic acid groups (broad SMARTS) is 1. The summed E-state index contributed by atoms with van der Waals surface area (Å²) in [6, 6.07) is 0.0512. The van der Waals surface area contributed by atoms with Crippen LogP contribution in [-0.4, -0.2) is 38.1 Å². The molecule has 18 heavy (non-hydrogen) atoms. The van der Waals surface area contributed by atoms with Crippen LogP contribution in [0.25, 0.3) is 0 Å². The summed E-state index contributed by atoms with van der Waals surface area (Å²) >= 11 is 0. The SMILES string of the molecule is Cn1ncc(C(=O)O)c1CNC1CCCCC1O. The molecule has 2 rings (SSSR count). The van der Waals surface area contributed by atoms with Crippen molar-refractivity contribution in [2.45, 2.75) is 44.4 Å². The molecule has 0 aliphatic heterocycles. The molecule has 1 heterocycles. The molecule has 0 bridgehead atoms. The number of hydrogen-bond donors (Lipinski definition) is 3. The number of carbonyl (C=O) groups is 1. The van der Waals surface area contributed by atoms with Crippen LogP contribution in [0.1, 0.15) is 41.7 Å². The molecule has 0 amide bonds. The van der Waals surface area contributed by atoms with E-state index in [-0.39, 0.29) is 17.7 Å². The Labute approximate surface area is 106 Å². The summed E-state index contributed by atoms with van der Waals surface area (Å²) in [6.45, 7) is 0.417. The van der Waals surface area contributed by atoms with Gasteiger partial charge in [-0.1, -0.05) is 12.8 Å². The van der Waals surface area contributed by atoms with Gasteiger partial charge in [0, 0.05) is 19.6 Å². The summed E-state index contributed by atoms with van der Waals surface area (Å²) in [5.74, 6) is -0.968. The van der Waals surface area contributed by atoms with Crippen LogP contribution in [0.2, 0.25) is 0 Å². The van der Waals surface area contributed by atoms with Crippen LogP contribution >= 0.6 is 0 Å². The predicted molar refractivity (Wildman–Crippen MR) is 65.3 cm³/mol. The highest BCUT2D eigenvalue weighted by Gasteiger charge is 2.23. The van der Waals surface area contributed by atoms with Crippen molar-refractivity contribution >= 4 is 5.97 Å². The summed E-state index contributed by atoms with van der Waals surface area (Å²) in [4.78, 5) is 11.0. The lowest BCUT2D eigenvalue weighted by Gasteiger charge is -2.28. The van der Waals surface area contributed by atoms with Crippen LogP contribution in [0.15, 0.2) is 6.20 Å². The number of aliphatic hydroxyl groups excluding tert-OH is 1. The summed E-state index contributed by atoms with van der Waals surface area (Å²) in [5.41, 5.74) is 0.857. The normalized spacial score (nSPS) is 24.1. The average Bonchev–Trinajstić information content (AvgIpc) is 2.70. The maximum Gasteiger partial charge on any atom is 0.339 e. The third-order valence-electron chi connectivity index (χ3n) is 3.55. The Bertz CT molecular complexity index is 430. The van der Waals surface area contributed by atoms with Crippen molar-refractivity contribution in [3.63, 3.8) is 0 Å². The lowest BCUT2D eigenvalue weighted by molar-refractivity contribution is 0.0694. The van der Waals surface area contributed by atoms with Gasteiger partial charge in [-0.3, -0.25) is 4.68 Å². The molecule has 1 aromatic heterocycles. The number of rotatable bonds is 4. The first kappa shape index (κ1) is 13.0. The van der Waals surface area contributed by atoms with Crippen molar-refractivity contribution in [2.75, 3.05) is 0 Å². The maximum absolute atomic E-state index is 11.0. The molecule has 6 nitrogen and oxygen atoms in total. The van der Waals surface area contributed by atoms with E-state index in [1.54, 1.807) is 11.7 Å². The van der Waals surface area contributed by atoms with Gasteiger partial charge in [-0.05, 0) is 12.8 Å². The van der Waals surface area contributed by atoms with Gasteiger partial charge in [0.2, 0.25) is 0 Å². The van der Waals surface area contributed by atoms with Crippen molar-refractivity contribution in [3.8, 4) is 0 Å². The smallest absolute Gasteiger partial charge is 0.339 e. The van der Waals surface area contributed by atoms with Crippen LogP contribution in [0.4, 0.5) is 0 Å². The van der Waals surface area contributed by atoms with Gasteiger partial charge in [0.15, 0.2) is 0 Å². The second-order valence-corrected chi connectivity index (χ2v) is 4.77. The highest BCUT2D eigenvalue weighted by atomic mass is 16.4. The van der Waals surface area contributed by atoms with Crippen LogP contribution in [0, 0.1) is 0 Å². The van der Waals surface area contributed by atoms with Crippen molar-refractivity contribution < 1.29 is 15.0 Å². The van der Waals surface area contributed by atoms with E-state index in [1.165, 1.54) is 6.20 Å². The van der Waals surface area contributed by atoms with E-state index in [4.69, 9.17) is 5.11 Å². The van der Waals surface area contributed by atoms with E-state index in [0.29, 0.717) is 12.2 Å². The third kappa shape index (κ3) is 2.70. The molecular weight excluding hydrogens is 234 g/mol. The predicted octanol–water partition coefficient (Wildman–Crippen LogP) is 0.511. The van der Waals surface area contributed by atoms with Crippen molar-refractivity contribution in [2.24, 2.45) is 7.05 Å². The zero-order valence-electron chi connectivity index (χ0n) is 10.5. The Morgan fingerprint density at radius 2 is 2.28 bits per heavy atom. The van der Waals surface area contributed by atoms with Gasteiger partial charge >= 0.3 is 5.97 Å². The van der Waals surface area contributed by atoms with Crippen molar-refractivity contribution in [1.29, 1.82) is 0 Å². The number of hydrogen-bond acceptors (Lipinski definition) is 4. The molecule has 1 aromatic rings. The molecule has 2 unspecified atom stereocenters. The lowest BCUT2D eigenvalue weighted by atomic mass is 9.92. The molecule has 1 fully saturated rings. The average molecular weight is 253 g/mol. The highest BCUT2D eigenvalue weighted by Crippen LogP contribution is 2.19. The second-order valence-electron chi connectivity index (χ2n) is 4.77. The molecule has 6 heteroatoms. The van der Waals surface area contributed by atoms with Gasteiger partial charge in [0.1, 0.15) is 5.56 Å². The first-order valence-electron chi connectivity index (χ1n) is 6.25. The minimum absolute atomic E-state index is 0.0512. The maximum atomic E-state index is 11.0. The zero-order valence-corrected chi connectivity index (χ0v) is 10.5. The van der Waals surface area contributed by atoms with E-state index < -0.39 is 5.97 Å². The Balaban J connectivity index is 2.01. The minimum atomic E-state index is -0.968. The first-order chi connectivity index (χ1) is 8.59. The van der Waals surface area contributed by atoms with Crippen LogP contribution in [-0.2, 0) is 13.6 Å². The summed E-state index contributed by atoms with van der Waals surface area (Å²) in [7, 11) is 1.72. The molecule has 0 saturated heterocycles. The van der Waals surface area contributed by atoms with E-state index in [2.05, 4.69) is 10.4 Å². The third-order valence-corrected chi connectivity index (χ3v) is 3.55. The molecule has 3 N–H and O–H groups in total. The number of nitrogens with zero attached hydrogens (tertiary/aromatic N) is 2. The fourth-order valence-electron chi connectivity index (χ4n) is 2.43. The number of aromatic carboxylic acids is 1. The van der Waals surface area contributed by atoms with Gasteiger partial charge in [0.05, 0.1) is 18.0 Å².